The molecule has 2 atom stereocenters. The first-order chi connectivity index (χ1) is 11.5. The number of nitrogens with one attached hydrogen (secondary N) is 1. The van der Waals surface area contributed by atoms with Gasteiger partial charge in [-0.25, -0.2) is 12.8 Å². The Kier molecular flexibility index (Phi) is 2.91. The van der Waals surface area contributed by atoms with E-state index in [0.717, 1.165) is 32.0 Å². The number of hydrogen-bond donors (Lipinski definition) is 1. The molecule has 1 saturated carbocycles. The van der Waals surface area contributed by atoms with E-state index in [1.165, 1.54) is 12.3 Å². The van der Waals surface area contributed by atoms with E-state index >= 15 is 0 Å². The maximum absolute atomic E-state index is 14.3. The van der Waals surface area contributed by atoms with Gasteiger partial charge in [0.25, 0.3) is 0 Å². The zero-order chi connectivity index (χ0) is 16.5. The second-order valence-corrected chi connectivity index (χ2v) is 8.93. The van der Waals surface area contributed by atoms with E-state index in [4.69, 9.17) is 0 Å². The van der Waals surface area contributed by atoms with Crippen LogP contribution in [0.25, 0.3) is 10.8 Å². The Bertz CT molecular complexity index is 937. The molecule has 126 valence electrons. The van der Waals surface area contributed by atoms with Crippen LogP contribution in [0.1, 0.15) is 19.3 Å². The first kappa shape index (κ1) is 14.7. The summed E-state index contributed by atoms with van der Waals surface area (Å²) in [6.45, 7) is 1.49. The molecule has 0 radical (unpaired) electrons. The Morgan fingerprint density at radius 2 is 2.12 bits per heavy atom. The Morgan fingerprint density at radius 3 is 2.92 bits per heavy atom. The predicted octanol–water partition coefficient (Wildman–Crippen LogP) is 1.89. The van der Waals surface area contributed by atoms with E-state index in [-0.39, 0.29) is 21.9 Å². The summed E-state index contributed by atoms with van der Waals surface area (Å²) in [4.78, 5) is 3.89. The number of aromatic nitrogens is 1. The molecule has 2 unspecified atom stereocenters. The number of fused-ring (bicyclic) bond motifs is 3. The van der Waals surface area contributed by atoms with Gasteiger partial charge in [-0.05, 0) is 37.8 Å². The number of hydrogen-bond acceptors (Lipinski definition) is 4. The number of benzene rings is 1. The molecule has 1 spiro atoms. The number of sulfonamides is 1. The van der Waals surface area contributed by atoms with Crippen molar-refractivity contribution in [3.05, 3.63) is 36.4 Å². The lowest BCUT2D eigenvalue weighted by molar-refractivity contribution is 0.333. The van der Waals surface area contributed by atoms with Crippen LogP contribution in [-0.2, 0) is 10.0 Å². The zero-order valence-corrected chi connectivity index (χ0v) is 13.9. The summed E-state index contributed by atoms with van der Waals surface area (Å²) in [6.07, 6.45) is 5.36. The molecule has 2 aliphatic heterocycles. The van der Waals surface area contributed by atoms with Crippen molar-refractivity contribution >= 4 is 20.8 Å². The second-order valence-electron chi connectivity index (χ2n) is 7.10. The van der Waals surface area contributed by atoms with Gasteiger partial charge in [0.1, 0.15) is 0 Å². The van der Waals surface area contributed by atoms with E-state index in [2.05, 4.69) is 10.3 Å². The second kappa shape index (κ2) is 4.74. The van der Waals surface area contributed by atoms with Crippen LogP contribution in [0.2, 0.25) is 0 Å². The fourth-order valence-electron chi connectivity index (χ4n) is 4.65. The van der Waals surface area contributed by atoms with Gasteiger partial charge in [0.05, 0.1) is 16.6 Å². The molecular weight excluding hydrogens is 329 g/mol. The molecule has 3 fully saturated rings. The molecule has 0 amide bonds. The summed E-state index contributed by atoms with van der Waals surface area (Å²) in [5.41, 5.74) is -0.300. The van der Waals surface area contributed by atoms with Crippen molar-refractivity contribution in [2.75, 3.05) is 13.1 Å². The van der Waals surface area contributed by atoms with Crippen molar-refractivity contribution < 1.29 is 12.8 Å². The molecule has 2 aromatic rings. The Labute approximate surface area is 139 Å². The molecule has 1 N–H and O–H groups in total. The highest BCUT2D eigenvalue weighted by Gasteiger charge is 2.65. The highest BCUT2D eigenvalue weighted by atomic mass is 32.2. The first-order valence-corrected chi connectivity index (χ1v) is 9.76. The third-order valence-corrected chi connectivity index (χ3v) is 7.84. The fourth-order valence-corrected chi connectivity index (χ4v) is 6.78. The van der Waals surface area contributed by atoms with E-state index in [1.54, 1.807) is 16.4 Å². The van der Waals surface area contributed by atoms with Crippen molar-refractivity contribution in [3.8, 4) is 0 Å². The summed E-state index contributed by atoms with van der Waals surface area (Å²) in [7, 11) is -3.75. The van der Waals surface area contributed by atoms with E-state index in [9.17, 15) is 12.8 Å². The summed E-state index contributed by atoms with van der Waals surface area (Å²) in [5, 5.41) is 4.14. The fraction of sp³-hybridized carbons (Fsp3) is 0.471. The maximum atomic E-state index is 14.3. The molecular formula is C17H18FN3O2S. The first-order valence-electron chi connectivity index (χ1n) is 8.32. The quantitative estimate of drug-likeness (QED) is 0.901. The average molecular weight is 347 g/mol. The van der Waals surface area contributed by atoms with Gasteiger partial charge in [0, 0.05) is 29.6 Å². The maximum Gasteiger partial charge on any atom is 0.244 e. The van der Waals surface area contributed by atoms with Crippen LogP contribution >= 0.6 is 0 Å². The third-order valence-electron chi connectivity index (χ3n) is 5.86. The smallest absolute Gasteiger partial charge is 0.244 e. The van der Waals surface area contributed by atoms with E-state index in [1.807, 2.05) is 0 Å². The predicted molar refractivity (Wildman–Crippen MR) is 87.5 cm³/mol. The van der Waals surface area contributed by atoms with Gasteiger partial charge < -0.3 is 5.32 Å². The number of pyridine rings is 1. The van der Waals surface area contributed by atoms with Crippen molar-refractivity contribution in [1.29, 1.82) is 0 Å². The van der Waals surface area contributed by atoms with Gasteiger partial charge >= 0.3 is 0 Å². The van der Waals surface area contributed by atoms with Crippen molar-refractivity contribution in [1.82, 2.24) is 14.6 Å². The van der Waals surface area contributed by atoms with Gasteiger partial charge in [-0.1, -0.05) is 12.1 Å². The van der Waals surface area contributed by atoms with Gasteiger partial charge in [-0.2, -0.15) is 4.31 Å². The molecule has 5 nitrogen and oxygen atoms in total. The lowest BCUT2D eigenvalue weighted by atomic mass is 9.99. The van der Waals surface area contributed by atoms with Crippen LogP contribution in [0.3, 0.4) is 0 Å². The zero-order valence-electron chi connectivity index (χ0n) is 13.1. The minimum Gasteiger partial charge on any atom is -0.312 e. The molecule has 3 aliphatic rings. The van der Waals surface area contributed by atoms with Crippen molar-refractivity contribution in [3.63, 3.8) is 0 Å². The molecule has 1 aromatic carbocycles. The van der Waals surface area contributed by atoms with Crippen LogP contribution in [0, 0.1) is 11.7 Å². The molecule has 3 heterocycles. The highest BCUT2D eigenvalue weighted by Crippen LogP contribution is 2.55. The highest BCUT2D eigenvalue weighted by molar-refractivity contribution is 7.89. The standard InChI is InChI=1S/C17H18FN3O2S/c18-13-9-19-8-11-2-1-3-14(15(11)13)24(22,23)21-10-12-4-7-20-16(12)17(21)5-6-17/h1-3,8-9,12,16,20H,4-7,10H2. The Morgan fingerprint density at radius 1 is 1.29 bits per heavy atom. The topological polar surface area (TPSA) is 62.3 Å². The number of rotatable bonds is 2. The van der Waals surface area contributed by atoms with Crippen LogP contribution < -0.4 is 5.32 Å². The Hall–Kier alpha value is -1.57. The minimum absolute atomic E-state index is 0.0612. The van der Waals surface area contributed by atoms with Crippen LogP contribution in [-0.4, -0.2) is 42.4 Å². The lowest BCUT2D eigenvalue weighted by Crippen LogP contribution is -2.46. The normalized spacial score (nSPS) is 28.5. The Balaban J connectivity index is 1.67. The molecule has 24 heavy (non-hydrogen) atoms. The van der Waals surface area contributed by atoms with Gasteiger partial charge in [-0.15, -0.1) is 0 Å². The molecule has 7 heteroatoms. The van der Waals surface area contributed by atoms with E-state index < -0.39 is 15.8 Å². The molecule has 0 bridgehead atoms. The van der Waals surface area contributed by atoms with Crippen LogP contribution in [0.5, 0.6) is 0 Å². The minimum atomic E-state index is -3.75. The molecule has 1 aromatic heterocycles. The van der Waals surface area contributed by atoms with Gasteiger partial charge in [0.15, 0.2) is 5.82 Å². The summed E-state index contributed by atoms with van der Waals surface area (Å²) < 4.78 is 42.8. The summed E-state index contributed by atoms with van der Waals surface area (Å²) in [5.74, 6) is -0.224. The summed E-state index contributed by atoms with van der Waals surface area (Å²) >= 11 is 0. The SMILES string of the molecule is O=S(=O)(c1cccc2cncc(F)c12)N1CC2CCNC2C12CC2. The monoisotopic (exact) mass is 347 g/mol. The average Bonchev–Trinajstić information content (AvgIpc) is 3.10. The molecule has 1 aliphatic carbocycles. The molecule has 5 rings (SSSR count). The van der Waals surface area contributed by atoms with Crippen LogP contribution in [0.4, 0.5) is 4.39 Å². The molecule has 2 saturated heterocycles. The van der Waals surface area contributed by atoms with Gasteiger partial charge in [-0.3, -0.25) is 4.98 Å². The van der Waals surface area contributed by atoms with Crippen molar-refractivity contribution in [2.24, 2.45) is 5.92 Å². The third kappa shape index (κ3) is 1.80. The van der Waals surface area contributed by atoms with Crippen LogP contribution in [0.15, 0.2) is 35.5 Å². The van der Waals surface area contributed by atoms with Crippen molar-refractivity contribution in [2.45, 2.75) is 35.7 Å². The number of nitrogens with zero attached hydrogens (tertiary/aromatic N) is 2. The van der Waals surface area contributed by atoms with Gasteiger partial charge in [0.2, 0.25) is 10.0 Å². The lowest BCUT2D eigenvalue weighted by Gasteiger charge is -2.27. The number of halogens is 1. The van der Waals surface area contributed by atoms with E-state index in [0.29, 0.717) is 17.8 Å². The largest absolute Gasteiger partial charge is 0.312 e. The summed E-state index contributed by atoms with van der Waals surface area (Å²) in [6, 6.07) is 5.11.